The fourth-order valence-electron chi connectivity index (χ4n) is 2.34. The van der Waals surface area contributed by atoms with E-state index >= 15 is 0 Å². The van der Waals surface area contributed by atoms with Crippen LogP contribution in [-0.2, 0) is 4.74 Å². The van der Waals surface area contributed by atoms with Gasteiger partial charge in [0, 0.05) is 0 Å². The second-order valence-corrected chi connectivity index (χ2v) is 8.06. The Labute approximate surface area is 114 Å². The first-order valence-electron chi connectivity index (χ1n) is 7.44. The van der Waals surface area contributed by atoms with Crippen molar-refractivity contribution in [3.05, 3.63) is 12.2 Å². The normalized spacial score (nSPS) is 20.1. The third kappa shape index (κ3) is 6.04. The number of rotatable bonds is 5. The molecular weight excluding hydrogens is 220 g/mol. The van der Waals surface area contributed by atoms with Crippen LogP contribution in [0.4, 0.5) is 0 Å². The molecule has 1 fully saturated rings. The topological polar surface area (TPSA) is 9.23 Å². The zero-order valence-electron chi connectivity index (χ0n) is 13.3. The lowest BCUT2D eigenvalue weighted by Gasteiger charge is -2.43. The van der Waals surface area contributed by atoms with E-state index in [1.54, 1.807) is 0 Å². The molecule has 0 atom stereocenters. The lowest BCUT2D eigenvalue weighted by atomic mass is 9.66. The number of ether oxygens (including phenoxy) is 1. The molecule has 0 aromatic rings. The van der Waals surface area contributed by atoms with Crippen molar-refractivity contribution < 1.29 is 4.74 Å². The van der Waals surface area contributed by atoms with Crippen molar-refractivity contribution in [2.24, 2.45) is 10.8 Å². The summed E-state index contributed by atoms with van der Waals surface area (Å²) in [6.07, 6.45) is 11.3. The van der Waals surface area contributed by atoms with E-state index in [1.807, 2.05) is 0 Å². The van der Waals surface area contributed by atoms with E-state index in [1.165, 1.54) is 32.1 Å². The number of hydrogen-bond donors (Lipinski definition) is 0. The molecule has 0 saturated heterocycles. The second-order valence-electron chi connectivity index (χ2n) is 8.06. The van der Waals surface area contributed by atoms with Crippen LogP contribution in [0.15, 0.2) is 12.2 Å². The highest BCUT2D eigenvalue weighted by molar-refractivity contribution is 4.95. The van der Waals surface area contributed by atoms with Gasteiger partial charge in [-0.3, -0.25) is 0 Å². The van der Waals surface area contributed by atoms with Gasteiger partial charge in [-0.25, -0.2) is 0 Å². The van der Waals surface area contributed by atoms with Gasteiger partial charge >= 0.3 is 0 Å². The smallest absolute Gasteiger partial charge is 0.0598 e. The Morgan fingerprint density at radius 3 is 2.06 bits per heavy atom. The van der Waals surface area contributed by atoms with E-state index in [0.717, 1.165) is 6.61 Å². The van der Waals surface area contributed by atoms with Gasteiger partial charge in [0.15, 0.2) is 0 Å². The maximum atomic E-state index is 6.01. The first-order chi connectivity index (χ1) is 8.12. The average Bonchev–Trinajstić information content (AvgIpc) is 2.11. The van der Waals surface area contributed by atoms with Crippen LogP contribution in [-0.4, -0.2) is 12.2 Å². The third-order valence-electron chi connectivity index (χ3n) is 3.68. The van der Waals surface area contributed by atoms with Crippen molar-refractivity contribution in [2.45, 2.75) is 79.2 Å². The monoisotopic (exact) mass is 252 g/mol. The van der Waals surface area contributed by atoms with E-state index < -0.39 is 0 Å². The van der Waals surface area contributed by atoms with Crippen LogP contribution >= 0.6 is 0 Å². The van der Waals surface area contributed by atoms with Crippen molar-refractivity contribution in [2.75, 3.05) is 6.61 Å². The van der Waals surface area contributed by atoms with Crippen LogP contribution in [0.5, 0.6) is 0 Å². The number of hydrogen-bond acceptors (Lipinski definition) is 1. The fraction of sp³-hybridized carbons (Fsp3) is 0.882. The summed E-state index contributed by atoms with van der Waals surface area (Å²) in [4.78, 5) is 0. The lowest BCUT2D eigenvalue weighted by Crippen LogP contribution is -2.37. The van der Waals surface area contributed by atoms with Gasteiger partial charge in [0.05, 0.1) is 12.2 Å². The van der Waals surface area contributed by atoms with Crippen LogP contribution in [0, 0.1) is 10.8 Å². The summed E-state index contributed by atoms with van der Waals surface area (Å²) >= 11 is 0. The third-order valence-corrected chi connectivity index (χ3v) is 3.68. The average molecular weight is 252 g/mol. The SMILES string of the molecule is CC(C)(C)/C=C/CCC1(COC(C)(C)C)CCC1. The molecule has 1 rings (SSSR count). The Bertz CT molecular complexity index is 271. The minimum Gasteiger partial charge on any atom is -0.375 e. The van der Waals surface area contributed by atoms with Crippen LogP contribution in [0.1, 0.15) is 73.6 Å². The highest BCUT2D eigenvalue weighted by Gasteiger charge is 2.37. The molecule has 0 heterocycles. The Hall–Kier alpha value is -0.300. The first-order valence-corrected chi connectivity index (χ1v) is 7.44. The Balaban J connectivity index is 2.35. The second kappa shape index (κ2) is 5.77. The van der Waals surface area contributed by atoms with Gasteiger partial charge in [-0.05, 0) is 57.3 Å². The molecule has 1 nitrogen and oxygen atoms in total. The summed E-state index contributed by atoms with van der Waals surface area (Å²) in [5, 5.41) is 0. The maximum Gasteiger partial charge on any atom is 0.0598 e. The molecule has 1 aliphatic carbocycles. The van der Waals surface area contributed by atoms with Gasteiger partial charge < -0.3 is 4.74 Å². The molecule has 106 valence electrons. The molecule has 0 aromatic carbocycles. The molecule has 1 aliphatic rings. The number of allylic oxidation sites excluding steroid dienone is 2. The van der Waals surface area contributed by atoms with Crippen LogP contribution in [0.3, 0.4) is 0 Å². The zero-order chi connectivity index (χ0) is 13.9. The molecule has 1 saturated carbocycles. The highest BCUT2D eigenvalue weighted by Crippen LogP contribution is 2.45. The van der Waals surface area contributed by atoms with Gasteiger partial charge in [-0.15, -0.1) is 0 Å². The van der Waals surface area contributed by atoms with Crippen LogP contribution in [0.2, 0.25) is 0 Å². The van der Waals surface area contributed by atoms with Crippen molar-refractivity contribution in [1.29, 1.82) is 0 Å². The Morgan fingerprint density at radius 2 is 1.67 bits per heavy atom. The molecule has 0 N–H and O–H groups in total. The summed E-state index contributed by atoms with van der Waals surface area (Å²) in [5.74, 6) is 0. The summed E-state index contributed by atoms with van der Waals surface area (Å²) in [7, 11) is 0. The molecule has 0 aliphatic heterocycles. The molecule has 18 heavy (non-hydrogen) atoms. The minimum atomic E-state index is 0.00381. The van der Waals surface area contributed by atoms with Crippen molar-refractivity contribution in [1.82, 2.24) is 0 Å². The molecular formula is C17H32O. The van der Waals surface area contributed by atoms with E-state index in [-0.39, 0.29) is 5.60 Å². The summed E-state index contributed by atoms with van der Waals surface area (Å²) in [6, 6.07) is 0. The fourth-order valence-corrected chi connectivity index (χ4v) is 2.34. The van der Waals surface area contributed by atoms with Crippen molar-refractivity contribution in [3.63, 3.8) is 0 Å². The van der Waals surface area contributed by atoms with E-state index in [4.69, 9.17) is 4.74 Å². The Morgan fingerprint density at radius 1 is 1.06 bits per heavy atom. The van der Waals surface area contributed by atoms with E-state index in [0.29, 0.717) is 10.8 Å². The van der Waals surface area contributed by atoms with Crippen molar-refractivity contribution in [3.8, 4) is 0 Å². The molecule has 0 bridgehead atoms. The summed E-state index contributed by atoms with van der Waals surface area (Å²) in [6.45, 7) is 14.2. The van der Waals surface area contributed by atoms with Crippen molar-refractivity contribution >= 4 is 0 Å². The quantitative estimate of drug-likeness (QED) is 0.599. The minimum absolute atomic E-state index is 0.00381. The predicted molar refractivity (Wildman–Crippen MR) is 79.8 cm³/mol. The van der Waals surface area contributed by atoms with Gasteiger partial charge in [0.2, 0.25) is 0 Å². The molecule has 0 unspecified atom stereocenters. The van der Waals surface area contributed by atoms with E-state index in [9.17, 15) is 0 Å². The highest BCUT2D eigenvalue weighted by atomic mass is 16.5. The van der Waals surface area contributed by atoms with Crippen LogP contribution < -0.4 is 0 Å². The summed E-state index contributed by atoms with van der Waals surface area (Å²) < 4.78 is 6.01. The molecule has 0 spiro atoms. The largest absolute Gasteiger partial charge is 0.375 e. The predicted octanol–water partition coefficient (Wildman–Crippen LogP) is 5.35. The lowest BCUT2D eigenvalue weighted by molar-refractivity contribution is -0.0811. The molecule has 0 aromatic heterocycles. The van der Waals surface area contributed by atoms with Crippen LogP contribution in [0.25, 0.3) is 0 Å². The zero-order valence-corrected chi connectivity index (χ0v) is 13.3. The molecule has 0 amide bonds. The standard InChI is InChI=1S/C17H32O/c1-15(2,3)10-7-8-11-17(12-9-13-17)14-18-16(4,5)6/h7,10H,8-9,11-14H2,1-6H3/b10-7+. The maximum absolute atomic E-state index is 6.01. The first kappa shape index (κ1) is 15.8. The van der Waals surface area contributed by atoms with Gasteiger partial charge in [0.1, 0.15) is 0 Å². The summed E-state index contributed by atoms with van der Waals surface area (Å²) in [5.41, 5.74) is 0.800. The van der Waals surface area contributed by atoms with Gasteiger partial charge in [-0.2, -0.15) is 0 Å². The molecule has 0 radical (unpaired) electrons. The van der Waals surface area contributed by atoms with E-state index in [2.05, 4.69) is 53.7 Å². The molecule has 1 heteroatoms. The van der Waals surface area contributed by atoms with Gasteiger partial charge in [0.25, 0.3) is 0 Å². The Kier molecular flexibility index (Phi) is 5.05. The van der Waals surface area contributed by atoms with Gasteiger partial charge in [-0.1, -0.05) is 39.3 Å².